The van der Waals surface area contributed by atoms with Crippen LogP contribution >= 0.6 is 22.9 Å². The summed E-state index contributed by atoms with van der Waals surface area (Å²) in [5.41, 5.74) is 6.03. The maximum atomic E-state index is 13.2. The molecule has 16 heteroatoms. The molecular weight excluding hydrogens is 832 g/mol. The van der Waals surface area contributed by atoms with Crippen LogP contribution in [0.1, 0.15) is 63.2 Å². The van der Waals surface area contributed by atoms with Gasteiger partial charge in [0.1, 0.15) is 22.6 Å². The van der Waals surface area contributed by atoms with Crippen LogP contribution in [0.15, 0.2) is 71.7 Å². The molecule has 2 aromatic heterocycles. The Morgan fingerprint density at radius 2 is 1.52 bits per heavy atom. The second-order valence-corrected chi connectivity index (χ2v) is 16.1. The molecule has 1 aliphatic heterocycles. The molecule has 3 heterocycles. The smallest absolute Gasteiger partial charge is 0.258 e. The van der Waals surface area contributed by atoms with E-state index in [1.807, 2.05) is 78.2 Å². The van der Waals surface area contributed by atoms with Crippen molar-refractivity contribution in [3.63, 3.8) is 0 Å². The number of aromatic nitrogens is 3. The minimum absolute atomic E-state index is 0.0946. The number of fused-ring (bicyclic) bond motifs is 3. The second kappa shape index (κ2) is 23.2. The number of carbonyl (C=O) groups is 2. The van der Waals surface area contributed by atoms with Gasteiger partial charge in [0.2, 0.25) is 5.91 Å². The number of amides is 2. The van der Waals surface area contributed by atoms with Crippen molar-refractivity contribution < 1.29 is 38.0 Å². The molecule has 2 amide bonds. The van der Waals surface area contributed by atoms with E-state index in [4.69, 9.17) is 45.0 Å². The Kier molecular flexibility index (Phi) is 17.3. The molecule has 1 aliphatic rings. The monoisotopic (exact) mass is 885 g/mol. The predicted molar refractivity (Wildman–Crippen MR) is 240 cm³/mol. The lowest BCUT2D eigenvalue weighted by Gasteiger charge is -2.13. The number of methoxy groups -OCH3 is 2. The first-order valence-electron chi connectivity index (χ1n) is 20.5. The first-order valence-corrected chi connectivity index (χ1v) is 21.7. The van der Waals surface area contributed by atoms with Gasteiger partial charge in [0.05, 0.1) is 66.0 Å². The molecule has 1 atom stereocenters. The molecule has 3 aromatic carbocycles. The summed E-state index contributed by atoms with van der Waals surface area (Å²) in [5.74, 6) is 3.01. The van der Waals surface area contributed by atoms with Crippen LogP contribution in [0.25, 0.3) is 5.00 Å². The molecule has 0 bridgehead atoms. The van der Waals surface area contributed by atoms with Crippen LogP contribution in [0.5, 0.6) is 17.2 Å². The number of nitrogens with zero attached hydrogens (tertiary/aromatic N) is 4. The normalized spacial score (nSPS) is 13.1. The number of ether oxygens (including phenoxy) is 6. The molecule has 14 nitrogen and oxygen atoms in total. The molecule has 6 rings (SSSR count). The maximum absolute atomic E-state index is 13.2. The van der Waals surface area contributed by atoms with E-state index in [-0.39, 0.29) is 24.8 Å². The van der Waals surface area contributed by atoms with E-state index in [0.717, 1.165) is 57.2 Å². The van der Waals surface area contributed by atoms with Crippen molar-refractivity contribution in [1.29, 1.82) is 0 Å². The average Bonchev–Trinajstić information content (AvgIpc) is 3.76. The molecule has 0 saturated heterocycles. The molecule has 0 fully saturated rings. The average molecular weight is 886 g/mol. The highest BCUT2D eigenvalue weighted by molar-refractivity contribution is 7.15. The summed E-state index contributed by atoms with van der Waals surface area (Å²) in [6.07, 6.45) is 3.90. The van der Waals surface area contributed by atoms with Gasteiger partial charge in [0.25, 0.3) is 5.91 Å². The molecular formula is C46H54ClN6O8S. The van der Waals surface area contributed by atoms with Crippen LogP contribution in [0.2, 0.25) is 5.02 Å². The molecule has 5 aromatic rings. The lowest BCUT2D eigenvalue weighted by atomic mass is 9.99. The van der Waals surface area contributed by atoms with Crippen molar-refractivity contribution in [3.8, 4) is 22.2 Å². The van der Waals surface area contributed by atoms with Crippen molar-refractivity contribution in [2.75, 3.05) is 73.6 Å². The Balaban J connectivity index is 0.806. The Bertz CT molecular complexity index is 2300. The number of carbonyl (C=O) groups excluding carboxylic acids is 2. The fourth-order valence-corrected chi connectivity index (χ4v) is 8.16. The standard InChI is InChI=1S/C46H54ClN6O8S/c1-30-31(2)62-46-43(30)44(35-13-15-36(47)16-14-35)50-38(45-52-51-32(3)53(45)46)28-41(54)48-18-20-58-22-24-60-25-23-59-21-19-49-42(55)29-61-37-11-7-10-33(26-37)8-6-9-34-12-17-39(56-4)40(27-34)57-5/h7-8,10-17,26-27,38H,6,9,18-25,28-29H2,1-5H3,(H,48,54)(H,49,55)/t38-/m0/s1. The summed E-state index contributed by atoms with van der Waals surface area (Å²) in [6.45, 7) is 8.88. The van der Waals surface area contributed by atoms with E-state index in [2.05, 4.69) is 41.1 Å². The Morgan fingerprint density at radius 3 is 2.23 bits per heavy atom. The fourth-order valence-electron chi connectivity index (χ4n) is 6.82. The quantitative estimate of drug-likeness (QED) is 0.0636. The molecule has 0 aliphatic carbocycles. The third kappa shape index (κ3) is 12.6. The molecule has 329 valence electrons. The van der Waals surface area contributed by atoms with E-state index >= 15 is 0 Å². The molecule has 62 heavy (non-hydrogen) atoms. The third-order valence-corrected chi connectivity index (χ3v) is 11.6. The number of rotatable bonds is 24. The second-order valence-electron chi connectivity index (χ2n) is 14.4. The van der Waals surface area contributed by atoms with Crippen molar-refractivity contribution in [2.45, 2.75) is 46.1 Å². The van der Waals surface area contributed by atoms with E-state index in [1.54, 1.807) is 25.6 Å². The molecule has 1 radical (unpaired) electrons. The van der Waals surface area contributed by atoms with Crippen molar-refractivity contribution in [1.82, 2.24) is 25.4 Å². The van der Waals surface area contributed by atoms with Gasteiger partial charge in [0, 0.05) is 34.1 Å². The van der Waals surface area contributed by atoms with Gasteiger partial charge in [-0.1, -0.05) is 41.9 Å². The minimum Gasteiger partial charge on any atom is -0.493 e. The Morgan fingerprint density at radius 1 is 0.823 bits per heavy atom. The lowest BCUT2D eigenvalue weighted by Crippen LogP contribution is -2.32. The third-order valence-electron chi connectivity index (χ3n) is 10.1. The summed E-state index contributed by atoms with van der Waals surface area (Å²) < 4.78 is 35.3. The number of halogens is 1. The molecule has 0 saturated carbocycles. The Hall–Kier alpha value is -5.32. The molecule has 2 N–H and O–H groups in total. The highest BCUT2D eigenvalue weighted by atomic mass is 35.5. The van der Waals surface area contributed by atoms with Gasteiger partial charge < -0.3 is 39.1 Å². The summed E-state index contributed by atoms with van der Waals surface area (Å²) in [7, 11) is 3.25. The van der Waals surface area contributed by atoms with Gasteiger partial charge in [-0.05, 0) is 93.1 Å². The highest BCUT2D eigenvalue weighted by Crippen LogP contribution is 2.39. The topological polar surface area (TPSA) is 157 Å². The zero-order valence-electron chi connectivity index (χ0n) is 35.8. The zero-order chi connectivity index (χ0) is 43.8. The van der Waals surface area contributed by atoms with Crippen molar-refractivity contribution >= 4 is 40.5 Å². The van der Waals surface area contributed by atoms with E-state index in [9.17, 15) is 9.59 Å². The van der Waals surface area contributed by atoms with E-state index in [0.29, 0.717) is 80.8 Å². The van der Waals surface area contributed by atoms with Crippen LogP contribution in [-0.2, 0) is 30.2 Å². The number of hydrogen-bond acceptors (Lipinski definition) is 12. The van der Waals surface area contributed by atoms with Crippen LogP contribution in [-0.4, -0.2) is 106 Å². The number of aryl methyl sites for hydroxylation is 3. The van der Waals surface area contributed by atoms with E-state index in [1.165, 1.54) is 4.88 Å². The van der Waals surface area contributed by atoms with Gasteiger partial charge in [-0.15, -0.1) is 21.5 Å². The summed E-state index contributed by atoms with van der Waals surface area (Å²) in [5, 5.41) is 16.2. The van der Waals surface area contributed by atoms with Crippen LogP contribution < -0.4 is 24.8 Å². The zero-order valence-corrected chi connectivity index (χ0v) is 37.4. The SMILES string of the molecule is COc1ccc(CC[CH]c2cccc(OCC(=O)NCCOCCOCCOCCNC(=O)C[C@@H]3N=C(c4ccc(Cl)cc4)c4c(sc(C)c4C)-n4c(C)nnc43)c2)cc1OC. The van der Waals surface area contributed by atoms with Crippen molar-refractivity contribution in [2.24, 2.45) is 4.99 Å². The summed E-state index contributed by atoms with van der Waals surface area (Å²) >= 11 is 7.89. The summed E-state index contributed by atoms with van der Waals surface area (Å²) in [4.78, 5) is 31.8. The first-order chi connectivity index (χ1) is 30.1. The highest BCUT2D eigenvalue weighted by Gasteiger charge is 2.32. The van der Waals surface area contributed by atoms with Crippen LogP contribution in [0.4, 0.5) is 0 Å². The first kappa shape index (κ1) is 46.2. The number of thiophene rings is 1. The fraction of sp³-hybridized carbons (Fsp3) is 0.391. The number of benzene rings is 3. The number of nitrogens with one attached hydrogen (secondary N) is 2. The van der Waals surface area contributed by atoms with Gasteiger partial charge in [0.15, 0.2) is 23.9 Å². The van der Waals surface area contributed by atoms with Crippen LogP contribution in [0, 0.1) is 27.2 Å². The predicted octanol–water partition coefficient (Wildman–Crippen LogP) is 6.75. The summed E-state index contributed by atoms with van der Waals surface area (Å²) in [6, 6.07) is 20.6. The molecule has 0 spiro atoms. The number of aliphatic imine (C=N–C) groups is 1. The van der Waals surface area contributed by atoms with Gasteiger partial charge in [-0.25, -0.2) is 0 Å². The van der Waals surface area contributed by atoms with Gasteiger partial charge >= 0.3 is 0 Å². The van der Waals surface area contributed by atoms with Crippen LogP contribution in [0.3, 0.4) is 0 Å². The molecule has 0 unspecified atom stereocenters. The van der Waals surface area contributed by atoms with Crippen molar-refractivity contribution in [3.05, 3.63) is 123 Å². The lowest BCUT2D eigenvalue weighted by molar-refractivity contribution is -0.123. The maximum Gasteiger partial charge on any atom is 0.258 e. The number of hydrogen-bond donors (Lipinski definition) is 2. The van der Waals surface area contributed by atoms with Gasteiger partial charge in [-0.3, -0.25) is 19.1 Å². The van der Waals surface area contributed by atoms with Gasteiger partial charge in [-0.2, -0.15) is 0 Å². The van der Waals surface area contributed by atoms with E-state index < -0.39 is 6.04 Å². The largest absolute Gasteiger partial charge is 0.493 e. The Labute approximate surface area is 371 Å². The minimum atomic E-state index is -0.546.